The highest BCUT2D eigenvalue weighted by molar-refractivity contribution is 6.08. The van der Waals surface area contributed by atoms with Gasteiger partial charge in [-0.2, -0.15) is 0 Å². The molecule has 108 valence electrons. The molecule has 0 fully saturated rings. The van der Waals surface area contributed by atoms with Crippen LogP contribution in [0.4, 0.5) is 17.1 Å². The summed E-state index contributed by atoms with van der Waals surface area (Å²) >= 11 is 0. The van der Waals surface area contributed by atoms with Crippen molar-refractivity contribution in [3.63, 3.8) is 0 Å². The van der Waals surface area contributed by atoms with Crippen molar-refractivity contribution in [3.05, 3.63) is 63.7 Å². The van der Waals surface area contributed by atoms with Gasteiger partial charge in [0.2, 0.25) is 0 Å². The predicted octanol–water partition coefficient (Wildman–Crippen LogP) is 3.20. The van der Waals surface area contributed by atoms with Crippen molar-refractivity contribution in [2.24, 2.45) is 0 Å². The first-order valence-electron chi connectivity index (χ1n) is 6.36. The zero-order chi connectivity index (χ0) is 15.4. The van der Waals surface area contributed by atoms with Crippen LogP contribution in [0, 0.1) is 17.0 Å². The van der Waals surface area contributed by atoms with E-state index in [0.29, 0.717) is 16.9 Å². The van der Waals surface area contributed by atoms with Gasteiger partial charge in [-0.25, -0.2) is 0 Å². The summed E-state index contributed by atoms with van der Waals surface area (Å²) in [6.45, 7) is 1.78. The minimum Gasteiger partial charge on any atom is -0.387 e. The lowest BCUT2D eigenvalue weighted by Gasteiger charge is -2.11. The van der Waals surface area contributed by atoms with Gasteiger partial charge in [0.05, 0.1) is 16.2 Å². The summed E-state index contributed by atoms with van der Waals surface area (Å²) in [4.78, 5) is 22.6. The minimum absolute atomic E-state index is 0.0576. The fourth-order valence-electron chi connectivity index (χ4n) is 1.95. The lowest BCUT2D eigenvalue weighted by molar-refractivity contribution is -0.384. The zero-order valence-corrected chi connectivity index (χ0v) is 11.7. The first kappa shape index (κ1) is 14.5. The first-order chi connectivity index (χ1) is 10.0. The molecule has 6 nitrogen and oxygen atoms in total. The molecule has 0 spiro atoms. The number of hydrogen-bond donors (Lipinski definition) is 2. The van der Waals surface area contributed by atoms with Gasteiger partial charge in [-0.1, -0.05) is 18.2 Å². The number of nitrogens with zero attached hydrogens (tertiary/aromatic N) is 1. The molecule has 0 saturated heterocycles. The van der Waals surface area contributed by atoms with Crippen LogP contribution in [0.3, 0.4) is 0 Å². The quantitative estimate of drug-likeness (QED) is 0.667. The molecule has 0 aliphatic rings. The van der Waals surface area contributed by atoms with E-state index in [1.807, 2.05) is 6.07 Å². The fraction of sp³-hybridized carbons (Fsp3) is 0.133. The van der Waals surface area contributed by atoms with Crippen molar-refractivity contribution in [1.29, 1.82) is 0 Å². The normalized spacial score (nSPS) is 10.0. The third-order valence-electron chi connectivity index (χ3n) is 3.12. The molecule has 1 amide bonds. The molecule has 21 heavy (non-hydrogen) atoms. The molecule has 0 radical (unpaired) electrons. The lowest BCUT2D eigenvalue weighted by Crippen LogP contribution is -2.14. The van der Waals surface area contributed by atoms with Gasteiger partial charge in [0.25, 0.3) is 11.6 Å². The average Bonchev–Trinajstić information content (AvgIpc) is 2.49. The Hall–Kier alpha value is -2.89. The zero-order valence-electron chi connectivity index (χ0n) is 11.7. The lowest BCUT2D eigenvalue weighted by atomic mass is 10.1. The maximum absolute atomic E-state index is 12.3. The summed E-state index contributed by atoms with van der Waals surface area (Å²) in [6, 6.07) is 11.4. The van der Waals surface area contributed by atoms with Gasteiger partial charge in [-0.05, 0) is 24.6 Å². The third-order valence-corrected chi connectivity index (χ3v) is 3.12. The topological polar surface area (TPSA) is 84.3 Å². The van der Waals surface area contributed by atoms with E-state index in [1.54, 1.807) is 38.2 Å². The van der Waals surface area contributed by atoms with Gasteiger partial charge < -0.3 is 10.6 Å². The van der Waals surface area contributed by atoms with E-state index < -0.39 is 4.92 Å². The minimum atomic E-state index is -0.489. The highest BCUT2D eigenvalue weighted by atomic mass is 16.6. The average molecular weight is 285 g/mol. The van der Waals surface area contributed by atoms with E-state index in [0.717, 1.165) is 5.56 Å². The summed E-state index contributed by atoms with van der Waals surface area (Å²) in [7, 11) is 1.73. The molecular weight excluding hydrogens is 270 g/mol. The molecule has 2 rings (SSSR count). The number of rotatable bonds is 4. The van der Waals surface area contributed by atoms with Gasteiger partial charge in [-0.15, -0.1) is 0 Å². The second-order valence-electron chi connectivity index (χ2n) is 4.51. The predicted molar refractivity (Wildman–Crippen MR) is 81.8 cm³/mol. The first-order valence-corrected chi connectivity index (χ1v) is 6.36. The fourth-order valence-corrected chi connectivity index (χ4v) is 1.95. The highest BCUT2D eigenvalue weighted by Gasteiger charge is 2.14. The standard InChI is InChI=1S/C15H15N3O3/c1-10-7-8-11(18(20)21)9-14(10)17-15(19)12-5-3-4-6-13(12)16-2/h3-9,16H,1-2H3,(H,17,19). The highest BCUT2D eigenvalue weighted by Crippen LogP contribution is 2.23. The molecule has 0 atom stereocenters. The molecule has 0 unspecified atom stereocenters. The van der Waals surface area contributed by atoms with Gasteiger partial charge in [-0.3, -0.25) is 14.9 Å². The van der Waals surface area contributed by atoms with Crippen molar-refractivity contribution in [1.82, 2.24) is 0 Å². The molecule has 0 bridgehead atoms. The van der Waals surface area contributed by atoms with Gasteiger partial charge in [0.15, 0.2) is 0 Å². The number of benzene rings is 2. The van der Waals surface area contributed by atoms with Crippen LogP contribution < -0.4 is 10.6 Å². The van der Waals surface area contributed by atoms with Gasteiger partial charge >= 0.3 is 0 Å². The molecule has 0 aliphatic carbocycles. The molecule has 0 aliphatic heterocycles. The molecule has 2 N–H and O–H groups in total. The largest absolute Gasteiger partial charge is 0.387 e. The van der Waals surface area contributed by atoms with Crippen LogP contribution in [0.15, 0.2) is 42.5 Å². The van der Waals surface area contributed by atoms with E-state index in [9.17, 15) is 14.9 Å². The van der Waals surface area contributed by atoms with Crippen LogP contribution in [0.2, 0.25) is 0 Å². The van der Waals surface area contributed by atoms with Crippen LogP contribution in [0.5, 0.6) is 0 Å². The summed E-state index contributed by atoms with van der Waals surface area (Å²) in [5.74, 6) is -0.316. The number of para-hydroxylation sites is 1. The van der Waals surface area contributed by atoms with Crippen LogP contribution in [0.1, 0.15) is 15.9 Å². The Bertz CT molecular complexity index is 698. The number of non-ortho nitro benzene ring substituents is 1. The molecular formula is C15H15N3O3. The van der Waals surface area contributed by atoms with E-state index in [4.69, 9.17) is 0 Å². The van der Waals surface area contributed by atoms with E-state index in [1.165, 1.54) is 12.1 Å². The Balaban J connectivity index is 2.31. The van der Waals surface area contributed by atoms with Crippen molar-refractivity contribution in [2.45, 2.75) is 6.92 Å². The summed E-state index contributed by atoms with van der Waals surface area (Å²) in [5.41, 5.74) is 2.30. The summed E-state index contributed by atoms with van der Waals surface area (Å²) < 4.78 is 0. The summed E-state index contributed by atoms with van der Waals surface area (Å²) in [6.07, 6.45) is 0. The molecule has 0 saturated carbocycles. The number of carbonyl (C=O) groups excluding carboxylic acids is 1. The van der Waals surface area contributed by atoms with E-state index in [-0.39, 0.29) is 11.6 Å². The Morgan fingerprint density at radius 1 is 1.14 bits per heavy atom. The third kappa shape index (κ3) is 3.17. The van der Waals surface area contributed by atoms with Crippen molar-refractivity contribution < 1.29 is 9.72 Å². The smallest absolute Gasteiger partial charge is 0.271 e. The maximum Gasteiger partial charge on any atom is 0.271 e. The Labute approximate surface area is 121 Å². The van der Waals surface area contributed by atoms with Gasteiger partial charge in [0.1, 0.15) is 0 Å². The second kappa shape index (κ2) is 6.04. The van der Waals surface area contributed by atoms with Crippen molar-refractivity contribution in [2.75, 3.05) is 17.7 Å². The van der Waals surface area contributed by atoms with Crippen LogP contribution in [-0.2, 0) is 0 Å². The monoisotopic (exact) mass is 285 g/mol. The Morgan fingerprint density at radius 3 is 2.52 bits per heavy atom. The number of amides is 1. The number of nitro groups is 1. The number of nitrogens with one attached hydrogen (secondary N) is 2. The Morgan fingerprint density at radius 2 is 1.86 bits per heavy atom. The number of aryl methyl sites for hydroxylation is 1. The maximum atomic E-state index is 12.3. The Kier molecular flexibility index (Phi) is 4.18. The molecule has 6 heteroatoms. The van der Waals surface area contributed by atoms with Crippen LogP contribution in [0.25, 0.3) is 0 Å². The van der Waals surface area contributed by atoms with Gasteiger partial charge in [0, 0.05) is 24.9 Å². The molecule has 0 aromatic heterocycles. The SMILES string of the molecule is CNc1ccccc1C(=O)Nc1cc([N+](=O)[O-])ccc1C. The van der Waals surface area contributed by atoms with Crippen molar-refractivity contribution >= 4 is 23.0 Å². The molecule has 2 aromatic rings. The van der Waals surface area contributed by atoms with E-state index in [2.05, 4.69) is 10.6 Å². The number of anilines is 2. The molecule has 0 heterocycles. The number of nitro benzene ring substituents is 1. The van der Waals surface area contributed by atoms with E-state index >= 15 is 0 Å². The van der Waals surface area contributed by atoms with Crippen LogP contribution >= 0.6 is 0 Å². The summed E-state index contributed by atoms with van der Waals surface area (Å²) in [5, 5.41) is 16.5. The number of hydrogen-bond acceptors (Lipinski definition) is 4. The second-order valence-corrected chi connectivity index (χ2v) is 4.51. The van der Waals surface area contributed by atoms with Crippen molar-refractivity contribution in [3.8, 4) is 0 Å². The number of carbonyl (C=O) groups is 1. The van der Waals surface area contributed by atoms with Crippen LogP contribution in [-0.4, -0.2) is 17.9 Å². The molecule has 2 aromatic carbocycles.